The van der Waals surface area contributed by atoms with E-state index < -0.39 is 11.6 Å². The molecule has 0 heterocycles. The number of halogens is 2. The molecule has 15 rings (SSSR count). The first-order chi connectivity index (χ1) is 57.6. The monoisotopic (exact) mass is 1640 g/mol. The molecule has 12 saturated carbocycles. The van der Waals surface area contributed by atoms with Crippen LogP contribution in [0.25, 0.3) is 0 Å². The van der Waals surface area contributed by atoms with Crippen LogP contribution in [0.2, 0.25) is 0 Å². The third-order valence-electron chi connectivity index (χ3n) is 34.6. The van der Waals surface area contributed by atoms with E-state index >= 15 is 0 Å². The molecular weight excluding hydrogens is 1430 g/mol. The molecule has 0 N–H and O–H groups in total. The lowest BCUT2D eigenvalue weighted by atomic mass is 9.68. The second-order valence-electron chi connectivity index (χ2n) is 42.4. The minimum Gasteiger partial charge on any atom is -0.204 e. The highest BCUT2D eigenvalue weighted by Crippen LogP contribution is 2.50. The van der Waals surface area contributed by atoms with E-state index in [2.05, 4.69) is 190 Å². The summed E-state index contributed by atoms with van der Waals surface area (Å²) in [5, 5.41) is 0. The quantitative estimate of drug-likeness (QED) is 0.0989. The lowest BCUT2D eigenvalue weighted by Gasteiger charge is -2.38. The number of hydrogen-bond donors (Lipinski definition) is 0. The van der Waals surface area contributed by atoms with Crippen molar-refractivity contribution in [2.24, 2.45) is 124 Å². The summed E-state index contributed by atoms with van der Waals surface area (Å²) in [6.45, 7) is 29.6. The average molecular weight is 1640 g/mol. The van der Waals surface area contributed by atoms with Crippen molar-refractivity contribution in [1.82, 2.24) is 0 Å². The van der Waals surface area contributed by atoms with Crippen molar-refractivity contribution in [3.05, 3.63) is 193 Å². The van der Waals surface area contributed by atoms with E-state index in [1.54, 1.807) is 30.0 Å². The Balaban J connectivity index is -0.00000147. The highest BCUT2D eigenvalue weighted by Gasteiger charge is 2.37. The summed E-state index contributed by atoms with van der Waals surface area (Å²) in [7, 11) is 0. The van der Waals surface area contributed by atoms with Gasteiger partial charge in [-0.25, -0.2) is 8.78 Å². The molecule has 3 aromatic carbocycles. The molecule has 0 aliphatic heterocycles. The Kier molecular flexibility index (Phi) is 43.2. The minimum absolute atomic E-state index is 0. The van der Waals surface area contributed by atoms with Crippen LogP contribution < -0.4 is 0 Å². The lowest BCUT2D eigenvalue weighted by molar-refractivity contribution is 0.148. The predicted molar refractivity (Wildman–Crippen MR) is 537 cm³/mol. The number of aryl methyl sites for hydroxylation is 2. The van der Waals surface area contributed by atoms with Crippen LogP contribution in [-0.4, -0.2) is 0 Å². The van der Waals surface area contributed by atoms with E-state index in [1.807, 2.05) is 0 Å². The van der Waals surface area contributed by atoms with Gasteiger partial charge in [-0.1, -0.05) is 198 Å². The Morgan fingerprint density at radius 3 is 0.788 bits per heavy atom. The second-order valence-corrected chi connectivity index (χ2v) is 42.4. The molecule has 0 saturated heterocycles. The number of hydrogen-bond acceptors (Lipinski definition) is 0. The van der Waals surface area contributed by atoms with Crippen molar-refractivity contribution in [3.8, 4) is 0 Å². The van der Waals surface area contributed by atoms with Gasteiger partial charge in [0.05, 0.1) is 0 Å². The maximum absolute atomic E-state index is 13.4. The largest absolute Gasteiger partial charge is 0.204 e. The van der Waals surface area contributed by atoms with Crippen LogP contribution in [0.4, 0.5) is 8.78 Å². The van der Waals surface area contributed by atoms with Crippen LogP contribution in [0.1, 0.15) is 438 Å². The first kappa shape index (κ1) is 95.9. The summed E-state index contributed by atoms with van der Waals surface area (Å²) in [6.07, 6.45) is 99.5. The average Bonchev–Trinajstić information content (AvgIpc) is 0.832. The summed E-state index contributed by atoms with van der Waals surface area (Å²) in [6, 6.07) is 23.0. The maximum Gasteiger partial charge on any atom is 0.159 e. The Labute approximate surface area is 746 Å². The van der Waals surface area contributed by atoms with Crippen LogP contribution >= 0.6 is 0 Å². The van der Waals surface area contributed by atoms with E-state index in [-0.39, 0.29) is 17.1 Å². The van der Waals surface area contributed by atoms with E-state index in [0.29, 0.717) is 5.92 Å². The van der Waals surface area contributed by atoms with Crippen molar-refractivity contribution in [1.29, 1.82) is 0 Å². The SMILES string of the molecule is C/C=C/C1CCC(C2CCC(/C=C/C)CC2)CC1.C/C=C/C1CCC(C2CCC(C)CC2)CC1.C/C=C/CCC1CCC(C2CCC(C)CC2)CC1.C=CC1CCC(C2CCC(c3ccc(C)cc3)CC2)CC1.C=CC1CCC(C2CCC(c3ccc(F)c(F)c3)CC2)CC1.C=CCCC1CCC(C2CCC(c3ccc(C)cc3)CC2)CC1.[HH].[HH].[HH].[HH].[HH].[HH].[HH].[HH].[HH].[HH].[HH].[HH]. The van der Waals surface area contributed by atoms with Gasteiger partial charge < -0.3 is 0 Å². The Bertz CT molecular complexity index is 3290. The Hall–Kier alpha value is -4.30. The van der Waals surface area contributed by atoms with Crippen LogP contribution in [0.3, 0.4) is 0 Å². The van der Waals surface area contributed by atoms with Crippen LogP contribution in [0.5, 0.6) is 0 Å². The summed E-state index contributed by atoms with van der Waals surface area (Å²) < 4.78 is 26.4. The van der Waals surface area contributed by atoms with E-state index in [9.17, 15) is 8.78 Å². The molecule has 3 aromatic rings. The van der Waals surface area contributed by atoms with Gasteiger partial charge in [0, 0.05) is 17.1 Å². The van der Waals surface area contributed by atoms with E-state index in [0.717, 1.165) is 155 Å². The second kappa shape index (κ2) is 53.1. The molecule has 0 unspecified atom stereocenters. The third kappa shape index (κ3) is 32.0. The van der Waals surface area contributed by atoms with Crippen molar-refractivity contribution < 1.29 is 25.9 Å². The van der Waals surface area contributed by atoms with Gasteiger partial charge in [-0.2, -0.15) is 0 Å². The van der Waals surface area contributed by atoms with Crippen molar-refractivity contribution >= 4 is 0 Å². The van der Waals surface area contributed by atoms with Crippen molar-refractivity contribution in [2.75, 3.05) is 0 Å². The molecule has 0 bridgehead atoms. The summed E-state index contributed by atoms with van der Waals surface area (Å²) in [4.78, 5) is 0. The molecule has 0 amide bonds. The van der Waals surface area contributed by atoms with Gasteiger partial charge in [-0.3, -0.25) is 0 Å². The molecule has 0 atom stereocenters. The fourth-order valence-corrected chi connectivity index (χ4v) is 26.4. The highest BCUT2D eigenvalue weighted by atomic mass is 19.2. The van der Waals surface area contributed by atoms with Crippen LogP contribution in [0.15, 0.2) is 153 Å². The topological polar surface area (TPSA) is 0 Å². The van der Waals surface area contributed by atoms with Gasteiger partial charge >= 0.3 is 0 Å². The minimum atomic E-state index is -0.739. The molecule has 0 spiro atoms. The molecule has 0 radical (unpaired) electrons. The third-order valence-corrected chi connectivity index (χ3v) is 34.6. The van der Waals surface area contributed by atoms with Crippen LogP contribution in [0, 0.1) is 150 Å². The van der Waals surface area contributed by atoms with Gasteiger partial charge in [0.1, 0.15) is 0 Å². The fraction of sp³-hybridized carbons (Fsp3) is 0.724. The lowest BCUT2D eigenvalue weighted by Crippen LogP contribution is -2.25. The zero-order valence-corrected chi connectivity index (χ0v) is 77.7. The summed E-state index contributed by atoms with van der Waals surface area (Å²) >= 11 is 0. The van der Waals surface area contributed by atoms with E-state index in [1.165, 1.54) is 331 Å². The van der Waals surface area contributed by atoms with E-state index in [4.69, 9.17) is 0 Å². The highest BCUT2D eigenvalue weighted by molar-refractivity contribution is 5.27. The zero-order chi connectivity index (χ0) is 83.2. The first-order valence-corrected chi connectivity index (χ1v) is 51.5. The standard InChI is InChI=1S/C23H34.C21H30.C20H26F2.C18H32.C18H30.C16H28.12H2/c1-3-4-5-19-8-12-21(13-9-19)23-16-14-22(15-17-23)20-10-6-18(2)7-11-20;1-3-17-6-10-19(11-7-17)21-14-12-20(13-15-21)18-8-4-16(2)5-9-18;1-2-14-3-5-15(6-4-14)16-7-9-17(10-8-16)18-11-12-19(21)20(22)13-18;1-3-4-5-6-16-9-13-18(14-10-16)17-11-7-15(2)8-12-17;1-3-5-15-7-11-17(12-8-15)18-13-9-16(6-4-2)10-14-18;1-3-4-14-7-11-16(12-8-14)15-9-5-13(2)6-10-15;;;;;;;;;;;;/h3,6-7,10-11,19,21-23H,1,4-5,8-9,12-17H2,2H3;3-5,8-9,17,19-21H,1,6-7,10-15H2,2H3;2,11-17H,1,3-10H2;3-4,15-18H,5-14H2,1-2H3;3-6,15-18H,7-14H2,1-2H3;3-4,13-16H,5-12H2,1-2H3;12*1H/b;;;4-3+;5-3+,6-4+;4-3+;;;;;;;;;;;;. The van der Waals surface area contributed by atoms with Gasteiger partial charge in [0.2, 0.25) is 0 Å². The molecule has 0 aromatic heterocycles. The molecule has 12 aliphatic carbocycles. The Morgan fingerprint density at radius 2 is 0.525 bits per heavy atom. The molecule has 118 heavy (non-hydrogen) atoms. The summed E-state index contributed by atoms with van der Waals surface area (Å²) in [5.41, 5.74) is 6.91. The molecule has 0 nitrogen and oxygen atoms in total. The smallest absolute Gasteiger partial charge is 0.159 e. The Morgan fingerprint density at radius 1 is 0.280 bits per heavy atom. The van der Waals surface area contributed by atoms with Crippen molar-refractivity contribution in [2.45, 2.75) is 407 Å². The molecular formula is C116H204F2. The number of rotatable bonds is 20. The molecule has 12 fully saturated rings. The van der Waals surface area contributed by atoms with Gasteiger partial charge in [-0.05, 0) is 495 Å². The molecule has 682 valence electrons. The van der Waals surface area contributed by atoms with Crippen molar-refractivity contribution in [3.63, 3.8) is 0 Å². The summed E-state index contributed by atoms with van der Waals surface area (Å²) in [5.74, 6) is 21.2. The zero-order valence-electron chi connectivity index (χ0n) is 77.7. The predicted octanol–water partition coefficient (Wildman–Crippen LogP) is 39.4. The van der Waals surface area contributed by atoms with Gasteiger partial charge in [-0.15, -0.1) is 19.7 Å². The van der Waals surface area contributed by atoms with Crippen LogP contribution in [-0.2, 0) is 0 Å². The van der Waals surface area contributed by atoms with Gasteiger partial charge in [0.15, 0.2) is 11.6 Å². The van der Waals surface area contributed by atoms with Gasteiger partial charge in [0.25, 0.3) is 0 Å². The number of allylic oxidation sites excluding steroid dienone is 11. The molecule has 2 heteroatoms. The normalized spacial score (nSPS) is 35.5. The number of benzene rings is 3. The maximum atomic E-state index is 13.4. The molecule has 12 aliphatic rings. The first-order valence-electron chi connectivity index (χ1n) is 51.5. The fourth-order valence-electron chi connectivity index (χ4n) is 26.4.